The van der Waals surface area contributed by atoms with Gasteiger partial charge in [-0.25, -0.2) is 0 Å². The third kappa shape index (κ3) is 3.61. The SMILES string of the molecule is CCC1CN(CCc2ccnn2C)C(C(C)CC)CN1. The summed E-state index contributed by atoms with van der Waals surface area (Å²) in [6.07, 6.45) is 5.47. The highest BCUT2D eigenvalue weighted by Crippen LogP contribution is 2.19. The van der Waals surface area contributed by atoms with Crippen LogP contribution >= 0.6 is 0 Å². The van der Waals surface area contributed by atoms with Crippen molar-refractivity contribution in [3.05, 3.63) is 18.0 Å². The Hall–Kier alpha value is -0.870. The van der Waals surface area contributed by atoms with E-state index in [0.717, 1.165) is 25.4 Å². The Balaban J connectivity index is 1.97. The van der Waals surface area contributed by atoms with Crippen molar-refractivity contribution in [1.82, 2.24) is 20.0 Å². The fourth-order valence-corrected chi connectivity index (χ4v) is 3.17. The van der Waals surface area contributed by atoms with Gasteiger partial charge in [-0.15, -0.1) is 0 Å². The fraction of sp³-hybridized carbons (Fsp3) is 0.812. The van der Waals surface area contributed by atoms with Crippen molar-refractivity contribution >= 4 is 0 Å². The van der Waals surface area contributed by atoms with Crippen LogP contribution in [0, 0.1) is 5.92 Å². The van der Waals surface area contributed by atoms with Crippen molar-refractivity contribution in [2.75, 3.05) is 19.6 Å². The zero-order valence-electron chi connectivity index (χ0n) is 13.5. The van der Waals surface area contributed by atoms with Gasteiger partial charge in [0, 0.05) is 57.1 Å². The van der Waals surface area contributed by atoms with Crippen LogP contribution in [-0.2, 0) is 13.5 Å². The topological polar surface area (TPSA) is 33.1 Å². The highest BCUT2D eigenvalue weighted by atomic mass is 15.3. The van der Waals surface area contributed by atoms with E-state index in [-0.39, 0.29) is 0 Å². The molecule has 2 rings (SSSR count). The molecule has 1 aromatic rings. The highest BCUT2D eigenvalue weighted by Gasteiger charge is 2.29. The molecular formula is C16H30N4. The molecule has 1 aliphatic heterocycles. The monoisotopic (exact) mass is 278 g/mol. The van der Waals surface area contributed by atoms with Gasteiger partial charge in [0.15, 0.2) is 0 Å². The van der Waals surface area contributed by atoms with Crippen LogP contribution in [0.5, 0.6) is 0 Å². The Morgan fingerprint density at radius 2 is 2.25 bits per heavy atom. The molecule has 4 heteroatoms. The zero-order chi connectivity index (χ0) is 14.5. The molecule has 1 N–H and O–H groups in total. The summed E-state index contributed by atoms with van der Waals surface area (Å²) >= 11 is 0. The van der Waals surface area contributed by atoms with E-state index in [0.29, 0.717) is 12.1 Å². The van der Waals surface area contributed by atoms with E-state index in [2.05, 4.69) is 42.2 Å². The molecule has 1 aliphatic rings. The van der Waals surface area contributed by atoms with E-state index in [1.807, 2.05) is 17.9 Å². The molecule has 0 bridgehead atoms. The second-order valence-electron chi connectivity index (χ2n) is 6.16. The van der Waals surface area contributed by atoms with Crippen LogP contribution in [0.4, 0.5) is 0 Å². The maximum atomic E-state index is 4.27. The van der Waals surface area contributed by atoms with Crippen LogP contribution in [0.15, 0.2) is 12.3 Å². The van der Waals surface area contributed by atoms with Crippen LogP contribution in [-0.4, -0.2) is 46.4 Å². The first-order chi connectivity index (χ1) is 9.65. The molecule has 114 valence electrons. The lowest BCUT2D eigenvalue weighted by Gasteiger charge is -2.43. The van der Waals surface area contributed by atoms with Gasteiger partial charge in [-0.3, -0.25) is 9.58 Å². The van der Waals surface area contributed by atoms with E-state index in [1.54, 1.807) is 0 Å². The van der Waals surface area contributed by atoms with Gasteiger partial charge in [0.25, 0.3) is 0 Å². The molecule has 4 nitrogen and oxygen atoms in total. The minimum Gasteiger partial charge on any atom is -0.311 e. The molecule has 0 aromatic carbocycles. The number of hydrogen-bond acceptors (Lipinski definition) is 3. The standard InChI is InChI=1S/C16H30N4/c1-5-13(3)16-11-17-14(6-2)12-20(16)10-8-15-7-9-18-19(15)4/h7,9,13-14,16-17H,5-6,8,10-12H2,1-4H3. The maximum Gasteiger partial charge on any atom is 0.0492 e. The largest absolute Gasteiger partial charge is 0.311 e. The predicted octanol–water partition coefficient (Wildman–Crippen LogP) is 2.06. The van der Waals surface area contributed by atoms with E-state index < -0.39 is 0 Å². The second kappa shape index (κ2) is 7.23. The minimum atomic E-state index is 0.654. The number of piperazine rings is 1. The Bertz CT molecular complexity index is 401. The van der Waals surface area contributed by atoms with Crippen molar-refractivity contribution in [2.45, 2.75) is 52.1 Å². The molecule has 1 aromatic heterocycles. The number of nitrogens with one attached hydrogen (secondary N) is 1. The minimum absolute atomic E-state index is 0.654. The van der Waals surface area contributed by atoms with Crippen molar-refractivity contribution in [2.24, 2.45) is 13.0 Å². The van der Waals surface area contributed by atoms with Crippen LogP contribution < -0.4 is 5.32 Å². The molecule has 3 unspecified atom stereocenters. The third-order valence-electron chi connectivity index (χ3n) is 4.91. The number of aromatic nitrogens is 2. The van der Waals surface area contributed by atoms with Crippen LogP contribution in [0.1, 0.15) is 39.3 Å². The van der Waals surface area contributed by atoms with Gasteiger partial charge in [-0.2, -0.15) is 5.10 Å². The van der Waals surface area contributed by atoms with Gasteiger partial charge in [0.2, 0.25) is 0 Å². The summed E-state index contributed by atoms with van der Waals surface area (Å²) in [5, 5.41) is 7.98. The summed E-state index contributed by atoms with van der Waals surface area (Å²) in [5.41, 5.74) is 1.33. The van der Waals surface area contributed by atoms with Gasteiger partial charge in [-0.1, -0.05) is 27.2 Å². The lowest BCUT2D eigenvalue weighted by molar-refractivity contribution is 0.0910. The molecule has 0 amide bonds. The Kier molecular flexibility index (Phi) is 5.61. The summed E-state index contributed by atoms with van der Waals surface area (Å²) in [6.45, 7) is 10.4. The average Bonchev–Trinajstić information content (AvgIpc) is 2.89. The normalized spacial score (nSPS) is 25.8. The molecule has 2 heterocycles. The number of hydrogen-bond donors (Lipinski definition) is 1. The average molecular weight is 278 g/mol. The van der Waals surface area contributed by atoms with Crippen molar-refractivity contribution in [3.8, 4) is 0 Å². The summed E-state index contributed by atoms with van der Waals surface area (Å²) in [6, 6.07) is 3.47. The summed E-state index contributed by atoms with van der Waals surface area (Å²) in [7, 11) is 2.04. The molecule has 0 saturated carbocycles. The Labute approximate surface area is 123 Å². The van der Waals surface area contributed by atoms with Crippen molar-refractivity contribution in [1.29, 1.82) is 0 Å². The van der Waals surface area contributed by atoms with E-state index in [1.165, 1.54) is 25.1 Å². The fourth-order valence-electron chi connectivity index (χ4n) is 3.17. The molecule has 1 fully saturated rings. The molecule has 0 spiro atoms. The first kappa shape index (κ1) is 15.5. The molecule has 0 radical (unpaired) electrons. The quantitative estimate of drug-likeness (QED) is 0.864. The van der Waals surface area contributed by atoms with Gasteiger partial charge in [-0.05, 0) is 18.4 Å². The Morgan fingerprint density at radius 1 is 1.45 bits per heavy atom. The Morgan fingerprint density at radius 3 is 2.85 bits per heavy atom. The van der Waals surface area contributed by atoms with Crippen molar-refractivity contribution < 1.29 is 0 Å². The van der Waals surface area contributed by atoms with E-state index >= 15 is 0 Å². The van der Waals surface area contributed by atoms with Gasteiger partial charge >= 0.3 is 0 Å². The number of nitrogens with zero attached hydrogens (tertiary/aromatic N) is 3. The van der Waals surface area contributed by atoms with Crippen LogP contribution in [0.3, 0.4) is 0 Å². The smallest absolute Gasteiger partial charge is 0.0492 e. The molecule has 20 heavy (non-hydrogen) atoms. The van der Waals surface area contributed by atoms with Crippen LogP contribution in [0.2, 0.25) is 0 Å². The number of aryl methyl sites for hydroxylation is 1. The zero-order valence-corrected chi connectivity index (χ0v) is 13.5. The maximum absolute atomic E-state index is 4.27. The molecular weight excluding hydrogens is 248 g/mol. The lowest BCUT2D eigenvalue weighted by atomic mass is 9.94. The first-order valence-corrected chi connectivity index (χ1v) is 8.10. The molecule has 0 aliphatic carbocycles. The summed E-state index contributed by atoms with van der Waals surface area (Å²) in [4.78, 5) is 2.70. The second-order valence-corrected chi connectivity index (χ2v) is 6.16. The van der Waals surface area contributed by atoms with Crippen molar-refractivity contribution in [3.63, 3.8) is 0 Å². The van der Waals surface area contributed by atoms with E-state index in [9.17, 15) is 0 Å². The highest BCUT2D eigenvalue weighted by molar-refractivity contribution is 5.01. The molecule has 1 saturated heterocycles. The summed E-state index contributed by atoms with van der Waals surface area (Å²) in [5.74, 6) is 0.756. The van der Waals surface area contributed by atoms with Gasteiger partial charge in [0.1, 0.15) is 0 Å². The van der Waals surface area contributed by atoms with Gasteiger partial charge in [0.05, 0.1) is 0 Å². The number of rotatable bonds is 6. The summed E-state index contributed by atoms with van der Waals surface area (Å²) < 4.78 is 2.00. The molecule has 3 atom stereocenters. The predicted molar refractivity (Wildman–Crippen MR) is 83.8 cm³/mol. The first-order valence-electron chi connectivity index (χ1n) is 8.10. The third-order valence-corrected chi connectivity index (χ3v) is 4.91. The van der Waals surface area contributed by atoms with Gasteiger partial charge < -0.3 is 5.32 Å². The lowest BCUT2D eigenvalue weighted by Crippen LogP contribution is -2.58. The van der Waals surface area contributed by atoms with E-state index in [4.69, 9.17) is 0 Å². The van der Waals surface area contributed by atoms with Crippen LogP contribution in [0.25, 0.3) is 0 Å².